The van der Waals surface area contributed by atoms with Crippen LogP contribution in [0.2, 0.25) is 0 Å². The summed E-state index contributed by atoms with van der Waals surface area (Å²) in [7, 11) is 1.67. The maximum Gasteiger partial charge on any atom is 0.251 e. The Morgan fingerprint density at radius 3 is 2.50 bits per heavy atom. The normalized spacial score (nSPS) is 21.2. The molecule has 0 atom stereocenters. The van der Waals surface area contributed by atoms with Gasteiger partial charge in [0.15, 0.2) is 0 Å². The molecule has 0 saturated heterocycles. The number of rotatable bonds is 4. The van der Waals surface area contributed by atoms with Crippen molar-refractivity contribution >= 4 is 11.8 Å². The molecule has 1 aromatic carbocycles. The van der Waals surface area contributed by atoms with Crippen LogP contribution in [-0.4, -0.2) is 25.4 Å². The molecule has 0 aromatic heterocycles. The summed E-state index contributed by atoms with van der Waals surface area (Å²) in [6, 6.07) is 4.18. The summed E-state index contributed by atoms with van der Waals surface area (Å²) in [4.78, 5) is 23.7. The lowest BCUT2D eigenvalue weighted by atomic mass is 9.81. The number of nitrogens with one attached hydrogen (secondary N) is 2. The van der Waals surface area contributed by atoms with E-state index in [4.69, 9.17) is 0 Å². The lowest BCUT2D eigenvalue weighted by Gasteiger charge is -2.27. The molecule has 0 aliphatic heterocycles. The first-order chi connectivity index (χ1) is 10.5. The summed E-state index contributed by atoms with van der Waals surface area (Å²) in [5.41, 5.74) is 1.15. The number of carbonyl (C=O) groups is 2. The largest absolute Gasteiger partial charge is 0.359 e. The summed E-state index contributed by atoms with van der Waals surface area (Å²) in [6.45, 7) is 2.34. The van der Waals surface area contributed by atoms with Gasteiger partial charge in [-0.25, -0.2) is 4.39 Å². The standard InChI is InChI=1S/C17H23FN2O2/c1-11-9-14(18)7-8-15(11)17(22)20-10-12-3-5-13(6-4-12)16(21)19-2/h7-9,12-13H,3-6,10H2,1-2H3,(H,19,21)(H,20,22). The number of hydrogen-bond donors (Lipinski definition) is 2. The molecule has 22 heavy (non-hydrogen) atoms. The highest BCUT2D eigenvalue weighted by atomic mass is 19.1. The predicted octanol–water partition coefficient (Wildman–Crippen LogP) is 2.42. The molecule has 2 rings (SSSR count). The molecule has 0 radical (unpaired) electrons. The van der Waals surface area contributed by atoms with Crippen molar-refractivity contribution in [2.24, 2.45) is 11.8 Å². The van der Waals surface area contributed by atoms with Gasteiger partial charge in [-0.05, 0) is 62.3 Å². The molecule has 1 aliphatic carbocycles. The third-order valence-corrected chi connectivity index (χ3v) is 4.45. The zero-order chi connectivity index (χ0) is 16.1. The molecule has 0 unspecified atom stereocenters. The molecular formula is C17H23FN2O2. The van der Waals surface area contributed by atoms with Gasteiger partial charge < -0.3 is 10.6 Å². The van der Waals surface area contributed by atoms with Crippen molar-refractivity contribution in [3.05, 3.63) is 35.1 Å². The van der Waals surface area contributed by atoms with E-state index in [9.17, 15) is 14.0 Å². The SMILES string of the molecule is CNC(=O)C1CCC(CNC(=O)c2ccc(F)cc2C)CC1. The fraction of sp³-hybridized carbons (Fsp3) is 0.529. The molecule has 4 nitrogen and oxygen atoms in total. The zero-order valence-electron chi connectivity index (χ0n) is 13.1. The molecule has 1 aliphatic rings. The van der Waals surface area contributed by atoms with Gasteiger partial charge in [0.2, 0.25) is 5.91 Å². The summed E-state index contributed by atoms with van der Waals surface area (Å²) >= 11 is 0. The Bertz CT molecular complexity index is 552. The predicted molar refractivity (Wildman–Crippen MR) is 83.0 cm³/mol. The number of hydrogen-bond acceptors (Lipinski definition) is 2. The maximum atomic E-state index is 13.1. The molecule has 2 amide bonds. The highest BCUT2D eigenvalue weighted by Gasteiger charge is 2.25. The minimum Gasteiger partial charge on any atom is -0.359 e. The highest BCUT2D eigenvalue weighted by Crippen LogP contribution is 2.28. The zero-order valence-corrected chi connectivity index (χ0v) is 13.1. The average Bonchev–Trinajstić information content (AvgIpc) is 2.52. The molecule has 0 spiro atoms. The minimum absolute atomic E-state index is 0.108. The molecule has 2 N–H and O–H groups in total. The van der Waals surface area contributed by atoms with Crippen molar-refractivity contribution in [1.29, 1.82) is 0 Å². The van der Waals surface area contributed by atoms with Crippen molar-refractivity contribution in [3.8, 4) is 0 Å². The van der Waals surface area contributed by atoms with E-state index in [1.807, 2.05) is 0 Å². The fourth-order valence-electron chi connectivity index (χ4n) is 3.05. The van der Waals surface area contributed by atoms with Gasteiger partial charge in [-0.15, -0.1) is 0 Å². The topological polar surface area (TPSA) is 58.2 Å². The van der Waals surface area contributed by atoms with Crippen LogP contribution in [0.5, 0.6) is 0 Å². The molecular weight excluding hydrogens is 283 g/mol. The fourth-order valence-corrected chi connectivity index (χ4v) is 3.05. The van der Waals surface area contributed by atoms with Crippen LogP contribution in [0.4, 0.5) is 4.39 Å². The van der Waals surface area contributed by atoms with Gasteiger partial charge in [-0.3, -0.25) is 9.59 Å². The average molecular weight is 306 g/mol. The van der Waals surface area contributed by atoms with Crippen LogP contribution in [0.25, 0.3) is 0 Å². The second-order valence-electron chi connectivity index (χ2n) is 6.00. The molecule has 120 valence electrons. The molecule has 0 bridgehead atoms. The molecule has 1 aromatic rings. The van der Waals surface area contributed by atoms with Gasteiger partial charge in [-0.2, -0.15) is 0 Å². The smallest absolute Gasteiger partial charge is 0.251 e. The van der Waals surface area contributed by atoms with Crippen LogP contribution in [0.1, 0.15) is 41.6 Å². The lowest BCUT2D eigenvalue weighted by Crippen LogP contribution is -2.35. The van der Waals surface area contributed by atoms with Gasteiger partial charge in [0.25, 0.3) is 5.91 Å². The van der Waals surface area contributed by atoms with Gasteiger partial charge in [-0.1, -0.05) is 0 Å². The van der Waals surface area contributed by atoms with Crippen molar-refractivity contribution in [2.45, 2.75) is 32.6 Å². The summed E-state index contributed by atoms with van der Waals surface area (Å²) < 4.78 is 13.1. The molecule has 5 heteroatoms. The van der Waals surface area contributed by atoms with E-state index in [2.05, 4.69) is 10.6 Å². The van der Waals surface area contributed by atoms with E-state index in [1.54, 1.807) is 14.0 Å². The second-order valence-corrected chi connectivity index (χ2v) is 6.00. The van der Waals surface area contributed by atoms with Crippen LogP contribution >= 0.6 is 0 Å². The number of benzene rings is 1. The summed E-state index contributed by atoms with van der Waals surface area (Å²) in [6.07, 6.45) is 3.63. The molecule has 1 fully saturated rings. The van der Waals surface area contributed by atoms with E-state index in [1.165, 1.54) is 18.2 Å². The third-order valence-electron chi connectivity index (χ3n) is 4.45. The van der Waals surface area contributed by atoms with Gasteiger partial charge in [0.05, 0.1) is 0 Å². The van der Waals surface area contributed by atoms with Crippen LogP contribution < -0.4 is 10.6 Å². The quantitative estimate of drug-likeness (QED) is 0.897. The lowest BCUT2D eigenvalue weighted by molar-refractivity contribution is -0.125. The van der Waals surface area contributed by atoms with E-state index in [-0.39, 0.29) is 23.5 Å². The first-order valence-electron chi connectivity index (χ1n) is 7.77. The Morgan fingerprint density at radius 1 is 1.23 bits per heavy atom. The monoisotopic (exact) mass is 306 g/mol. The van der Waals surface area contributed by atoms with E-state index in [0.29, 0.717) is 23.6 Å². The van der Waals surface area contributed by atoms with Crippen LogP contribution in [0.3, 0.4) is 0 Å². The third kappa shape index (κ3) is 4.06. The van der Waals surface area contributed by atoms with Gasteiger partial charge in [0, 0.05) is 25.1 Å². The van der Waals surface area contributed by atoms with E-state index in [0.717, 1.165) is 25.7 Å². The molecule has 1 saturated carbocycles. The number of amides is 2. The van der Waals surface area contributed by atoms with Crippen molar-refractivity contribution < 1.29 is 14.0 Å². The maximum absolute atomic E-state index is 13.1. The van der Waals surface area contributed by atoms with Crippen molar-refractivity contribution in [1.82, 2.24) is 10.6 Å². The second kappa shape index (κ2) is 7.38. The Morgan fingerprint density at radius 2 is 1.91 bits per heavy atom. The Hall–Kier alpha value is -1.91. The number of aryl methyl sites for hydroxylation is 1. The van der Waals surface area contributed by atoms with Gasteiger partial charge in [0.1, 0.15) is 5.82 Å². The highest BCUT2D eigenvalue weighted by molar-refractivity contribution is 5.95. The number of halogens is 1. The Balaban J connectivity index is 1.81. The summed E-state index contributed by atoms with van der Waals surface area (Å²) in [5, 5.41) is 5.62. The minimum atomic E-state index is -0.332. The van der Waals surface area contributed by atoms with Crippen LogP contribution in [0, 0.1) is 24.6 Å². The van der Waals surface area contributed by atoms with E-state index < -0.39 is 0 Å². The Kier molecular flexibility index (Phi) is 5.52. The van der Waals surface area contributed by atoms with E-state index >= 15 is 0 Å². The number of carbonyl (C=O) groups excluding carboxylic acids is 2. The van der Waals surface area contributed by atoms with Crippen molar-refractivity contribution in [3.63, 3.8) is 0 Å². The molecule has 0 heterocycles. The first-order valence-corrected chi connectivity index (χ1v) is 7.77. The van der Waals surface area contributed by atoms with Crippen molar-refractivity contribution in [2.75, 3.05) is 13.6 Å². The summed E-state index contributed by atoms with van der Waals surface area (Å²) in [5.74, 6) is 0.138. The van der Waals surface area contributed by atoms with Crippen LogP contribution in [-0.2, 0) is 4.79 Å². The van der Waals surface area contributed by atoms with Crippen LogP contribution in [0.15, 0.2) is 18.2 Å². The first kappa shape index (κ1) is 16.5. The van der Waals surface area contributed by atoms with Gasteiger partial charge >= 0.3 is 0 Å². The Labute approximate surface area is 130 Å².